The number of aromatic hydroxyl groups is 1. The Bertz CT molecular complexity index is 3550. The Hall–Kier alpha value is -7.54. The van der Waals surface area contributed by atoms with Crippen molar-refractivity contribution in [2.45, 2.75) is 132 Å². The second kappa shape index (κ2) is 27.7. The van der Waals surface area contributed by atoms with Crippen molar-refractivity contribution in [1.82, 2.24) is 15.2 Å². The number of aliphatic hydroxyl groups is 2. The maximum Gasteiger partial charge on any atom is 0.355 e. The number of nitrogens with one attached hydrogen (secondary N) is 2. The first-order chi connectivity index (χ1) is 40.9. The van der Waals surface area contributed by atoms with Crippen LogP contribution in [0.25, 0.3) is 33.0 Å². The van der Waals surface area contributed by atoms with Crippen LogP contribution in [-0.4, -0.2) is 146 Å². The smallest absolute Gasteiger partial charge is 0.355 e. The second-order valence-corrected chi connectivity index (χ2v) is 25.1. The molecule has 5 heterocycles. The van der Waals surface area contributed by atoms with Gasteiger partial charge < -0.3 is 73.5 Å². The van der Waals surface area contributed by atoms with E-state index in [1.807, 2.05) is 24.1 Å². The highest BCUT2D eigenvalue weighted by atomic mass is 31.2. The number of nitrogens with zero attached hydrogens (tertiary/aromatic N) is 3. The number of hydrogen-bond acceptors (Lipinski definition) is 21. The van der Waals surface area contributed by atoms with E-state index in [0.717, 1.165) is 6.54 Å². The van der Waals surface area contributed by atoms with Crippen molar-refractivity contribution in [3.05, 3.63) is 69.6 Å². The summed E-state index contributed by atoms with van der Waals surface area (Å²) in [6, 6.07) is 3.22. The number of anilines is 2. The van der Waals surface area contributed by atoms with Gasteiger partial charge in [-0.2, -0.15) is 0 Å². The molecular formula is C61H78N5O20P. The molecular weight excluding hydrogens is 1150 g/mol. The summed E-state index contributed by atoms with van der Waals surface area (Å²) < 4.78 is 47.7. The zero-order chi connectivity index (χ0) is 64.1. The first-order valence-electron chi connectivity index (χ1n) is 28.9. The number of phenols is 1. The van der Waals surface area contributed by atoms with Crippen LogP contribution in [0, 0.1) is 42.4 Å². The standard InChI is InChI=1S/C61H78N5O20P/c1-30(2)28-65-20-22-66(23-21-65)39-26-40(84-45(71)16-13-24-81-44(70)18-17-42(69)62-43(29-67)87(78,79)80)49-41(27-39)85-58-50(63-49)46-47-54(74)37(9)57-48(46)59(76)61(11,86-57)82-25-19-31(3)34(6)56(83-38(10)68)36(8)53(73)35(7)52(72)32(4)14-12-15-33(5)60(77)64-51(58)55(47)75/h12,14-15,19,25-27,29-32,34-36,43,52-53,56,72-73,75H,13,16-18,20-24,28H2,1-11H3,(H,62,69)(H,64,77)(H2,78,79,80)/b14-12+,25-19+,33-15-/t31-,32-,34+,35+,36+,43?,52-,53+,56+,61-/m0/s1. The van der Waals surface area contributed by atoms with Gasteiger partial charge in [-0.25, -0.2) is 4.98 Å². The molecule has 0 radical (unpaired) electrons. The Kier molecular flexibility index (Phi) is 21.3. The lowest BCUT2D eigenvalue weighted by Crippen LogP contribution is -2.47. The summed E-state index contributed by atoms with van der Waals surface area (Å²) in [4.78, 5) is 134. The van der Waals surface area contributed by atoms with Crippen LogP contribution in [0.2, 0.25) is 0 Å². The molecule has 25 nitrogen and oxygen atoms in total. The van der Waals surface area contributed by atoms with Gasteiger partial charge >= 0.3 is 31.3 Å². The largest absolute Gasteiger partial charge is 0.505 e. The van der Waals surface area contributed by atoms with Crippen molar-refractivity contribution >= 4 is 93.7 Å². The lowest BCUT2D eigenvalue weighted by molar-refractivity contribution is -0.158. The van der Waals surface area contributed by atoms with Crippen molar-refractivity contribution < 1.29 is 91.3 Å². The third-order valence-electron chi connectivity index (χ3n) is 16.3. The monoisotopic (exact) mass is 1230 g/mol. The summed E-state index contributed by atoms with van der Waals surface area (Å²) in [6.07, 6.45) is 2.75. The number of amides is 2. The Morgan fingerprint density at radius 2 is 1.60 bits per heavy atom. The number of benzene rings is 3. The predicted molar refractivity (Wildman–Crippen MR) is 319 cm³/mol. The fourth-order valence-corrected chi connectivity index (χ4v) is 11.5. The molecule has 3 aromatic carbocycles. The number of phenolic OH excluding ortho intramolecular Hbond substituents is 1. The van der Waals surface area contributed by atoms with Gasteiger partial charge in [-0.3, -0.25) is 43.0 Å². The number of carbonyl (C=O) groups excluding carboxylic acids is 7. The molecule has 26 heteroatoms. The molecule has 1 fully saturated rings. The number of ether oxygens (including phenoxy) is 5. The average molecular weight is 1230 g/mol. The number of Topliss-reactive ketones (excluding diaryl/α,β-unsaturated/α-hetero) is 1. The maximum absolute atomic E-state index is 15.1. The van der Waals surface area contributed by atoms with Gasteiger partial charge in [0.25, 0.3) is 11.7 Å². The van der Waals surface area contributed by atoms with E-state index in [4.69, 9.17) is 33.1 Å². The Morgan fingerprint density at radius 3 is 2.24 bits per heavy atom. The van der Waals surface area contributed by atoms with Crippen LogP contribution in [0.3, 0.4) is 0 Å². The minimum absolute atomic E-state index is 0.0317. The molecule has 4 aliphatic heterocycles. The van der Waals surface area contributed by atoms with Gasteiger partial charge in [-0.05, 0) is 44.1 Å². The maximum atomic E-state index is 15.1. The van der Waals surface area contributed by atoms with E-state index in [-0.39, 0.29) is 81.5 Å². The molecule has 10 atom stereocenters. The normalized spacial score (nSPS) is 25.9. The minimum atomic E-state index is -4.99. The number of ketones is 1. The Morgan fingerprint density at radius 1 is 0.908 bits per heavy atom. The van der Waals surface area contributed by atoms with Crippen LogP contribution in [0.4, 0.5) is 11.4 Å². The van der Waals surface area contributed by atoms with Gasteiger partial charge in [-0.1, -0.05) is 66.7 Å². The molecule has 4 aromatic rings. The quantitative estimate of drug-likeness (QED) is 0.0101. The fourth-order valence-electron chi connectivity index (χ4n) is 11.0. The van der Waals surface area contributed by atoms with Crippen LogP contribution in [-0.2, 0) is 47.5 Å². The summed E-state index contributed by atoms with van der Waals surface area (Å²) in [5.74, 6) is -12.8. The molecule has 1 unspecified atom stereocenters. The number of allylic oxidation sites excluding steroid dienone is 3. The predicted octanol–water partition coefficient (Wildman–Crippen LogP) is 6.22. The van der Waals surface area contributed by atoms with E-state index in [2.05, 4.69) is 24.1 Å². The SMILES string of the molecule is CC(=O)O[C@H]1[C@H](C)[C@H](O)[C@H](C)[C@@H](O)[C@@H](C)/C=C/C=C(/C)C(=O)Nc2c(O)c3c(=O)c(C)c4c(c3c3nc5c(OC(=O)CCCOC(=O)CCC(=O)NC(C=O)P(=O)(O)O)cc(N6CCN(CC(C)C)CC6)cc5oc23)C(=O)[C@@](C)(O/C=C/[C@H](C)[C@H]1C)O4. The number of aromatic nitrogens is 1. The summed E-state index contributed by atoms with van der Waals surface area (Å²) in [5, 5.41) is 39.5. The zero-order valence-corrected chi connectivity index (χ0v) is 51.5. The molecule has 1 saturated heterocycles. The van der Waals surface area contributed by atoms with E-state index in [9.17, 15) is 63.2 Å². The van der Waals surface area contributed by atoms with E-state index in [0.29, 0.717) is 37.8 Å². The Labute approximate surface area is 502 Å². The van der Waals surface area contributed by atoms with E-state index in [1.165, 1.54) is 40.0 Å². The molecule has 4 aliphatic rings. The van der Waals surface area contributed by atoms with Crippen LogP contribution in [0.5, 0.6) is 17.2 Å². The zero-order valence-electron chi connectivity index (χ0n) is 50.6. The molecule has 0 aliphatic carbocycles. The molecule has 5 bridgehead atoms. The number of rotatable bonds is 15. The first-order valence-corrected chi connectivity index (χ1v) is 30.6. The van der Waals surface area contributed by atoms with E-state index >= 15 is 4.79 Å². The molecule has 0 saturated carbocycles. The third kappa shape index (κ3) is 15.1. The van der Waals surface area contributed by atoms with Gasteiger partial charge in [0.15, 0.2) is 40.2 Å². The van der Waals surface area contributed by atoms with Crippen molar-refractivity contribution in [2.24, 2.45) is 35.5 Å². The lowest BCUT2D eigenvalue weighted by Gasteiger charge is -2.37. The fraction of sp³-hybridized carbons (Fsp3) is 0.525. The van der Waals surface area contributed by atoms with Gasteiger partial charge in [0, 0.05) is 112 Å². The summed E-state index contributed by atoms with van der Waals surface area (Å²) >= 11 is 0. The summed E-state index contributed by atoms with van der Waals surface area (Å²) in [5.41, 5.74) is -1.68. The number of fused-ring (bicyclic) bond motifs is 14. The average Bonchev–Trinajstić information content (AvgIpc) is 1.69. The molecule has 2 amide bonds. The lowest BCUT2D eigenvalue weighted by atomic mass is 9.77. The Balaban J connectivity index is 1.35. The number of aliphatic hydroxyl groups excluding tert-OH is 2. The van der Waals surface area contributed by atoms with Gasteiger partial charge in [0.1, 0.15) is 28.6 Å². The summed E-state index contributed by atoms with van der Waals surface area (Å²) in [7, 11) is -4.99. The minimum Gasteiger partial charge on any atom is -0.505 e. The number of hydrogen-bond donors (Lipinski definition) is 7. The third-order valence-corrected chi connectivity index (χ3v) is 17.2. The van der Waals surface area contributed by atoms with Gasteiger partial charge in [0.05, 0.1) is 42.4 Å². The molecule has 87 heavy (non-hydrogen) atoms. The van der Waals surface area contributed by atoms with Crippen molar-refractivity contribution in [1.29, 1.82) is 0 Å². The molecule has 8 rings (SSSR count). The highest BCUT2D eigenvalue weighted by Crippen LogP contribution is 2.49. The number of carbonyl (C=O) groups is 7. The number of esters is 3. The van der Waals surface area contributed by atoms with Crippen LogP contribution < -0.4 is 30.4 Å². The first kappa shape index (κ1) is 67.0. The van der Waals surface area contributed by atoms with Crippen LogP contribution in [0.1, 0.15) is 111 Å². The second-order valence-electron chi connectivity index (χ2n) is 23.4. The van der Waals surface area contributed by atoms with E-state index in [1.54, 1.807) is 51.1 Å². The van der Waals surface area contributed by atoms with Gasteiger partial charge in [0.2, 0.25) is 5.91 Å². The van der Waals surface area contributed by atoms with E-state index < -0.39 is 138 Å². The van der Waals surface area contributed by atoms with Crippen LogP contribution >= 0.6 is 7.60 Å². The molecule has 1 aromatic heterocycles. The number of piperazine rings is 1. The van der Waals surface area contributed by atoms with Gasteiger partial charge in [-0.15, -0.1) is 0 Å². The molecule has 0 spiro atoms. The number of aldehydes is 1. The topological polar surface area (TPSA) is 358 Å². The van der Waals surface area contributed by atoms with Crippen molar-refractivity contribution in [3.63, 3.8) is 0 Å². The summed E-state index contributed by atoms with van der Waals surface area (Å²) in [6.45, 7) is 21.4. The molecule has 472 valence electrons. The van der Waals surface area contributed by atoms with Crippen molar-refractivity contribution in [2.75, 3.05) is 49.5 Å². The molecule has 7 N–H and O–H groups in total. The highest BCUT2D eigenvalue weighted by molar-refractivity contribution is 7.53. The van der Waals surface area contributed by atoms with Crippen molar-refractivity contribution in [3.8, 4) is 17.2 Å². The van der Waals surface area contributed by atoms with Crippen LogP contribution in [0.15, 0.2) is 57.5 Å². The highest BCUT2D eigenvalue weighted by Gasteiger charge is 2.50.